The van der Waals surface area contributed by atoms with Crippen LogP contribution in [0.2, 0.25) is 0 Å². The summed E-state index contributed by atoms with van der Waals surface area (Å²) in [6.07, 6.45) is 7.78. The van der Waals surface area contributed by atoms with E-state index in [0.717, 1.165) is 12.8 Å². The van der Waals surface area contributed by atoms with E-state index in [1.54, 1.807) is 7.11 Å². The fourth-order valence-corrected chi connectivity index (χ4v) is 1.93. The molecule has 0 aromatic heterocycles. The Morgan fingerprint density at radius 3 is 2.43 bits per heavy atom. The first kappa shape index (κ1) is 9.30. The van der Waals surface area contributed by atoms with Gasteiger partial charge in [0.05, 0.1) is 11.5 Å². The van der Waals surface area contributed by atoms with E-state index >= 15 is 0 Å². The molecule has 1 aromatic rings. The maximum Gasteiger partial charge on any atom is 0.0986 e. The number of ether oxygens (including phenoxy) is 1. The fourth-order valence-electron chi connectivity index (χ4n) is 1.93. The molecule has 72 valence electrons. The van der Waals surface area contributed by atoms with E-state index in [0.29, 0.717) is 0 Å². The fraction of sp³-hybridized carbons (Fsp3) is 0.385. The standard InChI is InChI=1S/C13H14O/c1-3-13(9-10-13)12(14-2)11-7-5-4-6-8-11/h1,4-8,12H,9-10H2,2H3. The van der Waals surface area contributed by atoms with E-state index in [9.17, 15) is 0 Å². The van der Waals surface area contributed by atoms with Gasteiger partial charge < -0.3 is 4.74 Å². The van der Waals surface area contributed by atoms with Gasteiger partial charge in [0.15, 0.2) is 0 Å². The molecule has 14 heavy (non-hydrogen) atoms. The quantitative estimate of drug-likeness (QED) is 0.659. The number of hydrogen-bond donors (Lipinski definition) is 0. The minimum absolute atomic E-state index is 0.0316. The molecule has 1 fully saturated rings. The summed E-state index contributed by atoms with van der Waals surface area (Å²) in [6, 6.07) is 10.2. The van der Waals surface area contributed by atoms with Gasteiger partial charge in [0.1, 0.15) is 0 Å². The van der Waals surface area contributed by atoms with Crippen molar-refractivity contribution in [2.45, 2.75) is 18.9 Å². The van der Waals surface area contributed by atoms with Gasteiger partial charge in [0, 0.05) is 7.11 Å². The molecule has 1 heteroatoms. The lowest BCUT2D eigenvalue weighted by molar-refractivity contribution is 0.0618. The van der Waals surface area contributed by atoms with Crippen LogP contribution >= 0.6 is 0 Å². The van der Waals surface area contributed by atoms with Crippen LogP contribution in [0.1, 0.15) is 24.5 Å². The van der Waals surface area contributed by atoms with Crippen LogP contribution in [0, 0.1) is 17.8 Å². The average Bonchev–Trinajstić information content (AvgIpc) is 3.02. The second-order valence-electron chi connectivity index (χ2n) is 3.83. The van der Waals surface area contributed by atoms with Crippen molar-refractivity contribution in [1.82, 2.24) is 0 Å². The van der Waals surface area contributed by atoms with Gasteiger partial charge in [-0.2, -0.15) is 0 Å². The molecule has 0 heterocycles. The Morgan fingerprint density at radius 1 is 1.36 bits per heavy atom. The van der Waals surface area contributed by atoms with Crippen LogP contribution in [0.5, 0.6) is 0 Å². The van der Waals surface area contributed by atoms with Crippen LogP contribution in [0.15, 0.2) is 30.3 Å². The average molecular weight is 186 g/mol. The molecule has 0 N–H and O–H groups in total. The van der Waals surface area contributed by atoms with Gasteiger partial charge in [0.2, 0.25) is 0 Å². The molecule has 1 nitrogen and oxygen atoms in total. The second kappa shape index (κ2) is 3.48. The highest BCUT2D eigenvalue weighted by atomic mass is 16.5. The lowest BCUT2D eigenvalue weighted by Crippen LogP contribution is -2.14. The zero-order valence-corrected chi connectivity index (χ0v) is 8.36. The maximum atomic E-state index is 5.55. The van der Waals surface area contributed by atoms with E-state index in [4.69, 9.17) is 11.2 Å². The summed E-state index contributed by atoms with van der Waals surface area (Å²) in [6.45, 7) is 0. The molecule has 0 aliphatic heterocycles. The molecule has 1 saturated carbocycles. The van der Waals surface area contributed by atoms with Crippen molar-refractivity contribution in [1.29, 1.82) is 0 Å². The third kappa shape index (κ3) is 1.42. The molecule has 1 atom stereocenters. The number of methoxy groups -OCH3 is 1. The van der Waals surface area contributed by atoms with Gasteiger partial charge in [0.25, 0.3) is 0 Å². The first-order chi connectivity index (χ1) is 6.82. The highest BCUT2D eigenvalue weighted by Crippen LogP contribution is 2.55. The van der Waals surface area contributed by atoms with Crippen LogP contribution in [0.25, 0.3) is 0 Å². The molecule has 2 rings (SSSR count). The number of rotatable bonds is 3. The number of benzene rings is 1. The highest BCUT2D eigenvalue weighted by molar-refractivity contribution is 5.28. The van der Waals surface area contributed by atoms with Crippen molar-refractivity contribution in [3.05, 3.63) is 35.9 Å². The highest BCUT2D eigenvalue weighted by Gasteiger charge is 2.49. The Bertz CT molecular complexity index is 343. The SMILES string of the molecule is C#CC1(C(OC)c2ccccc2)CC1. The largest absolute Gasteiger partial charge is 0.375 e. The van der Waals surface area contributed by atoms with Crippen LogP contribution < -0.4 is 0 Å². The summed E-state index contributed by atoms with van der Waals surface area (Å²) in [7, 11) is 1.73. The van der Waals surface area contributed by atoms with Crippen molar-refractivity contribution in [2.75, 3.05) is 7.11 Å². The lowest BCUT2D eigenvalue weighted by Gasteiger charge is -2.21. The Kier molecular flexibility index (Phi) is 2.31. The molecule has 0 bridgehead atoms. The Hall–Kier alpha value is -1.26. The van der Waals surface area contributed by atoms with E-state index in [1.807, 2.05) is 18.2 Å². The molecule has 1 unspecified atom stereocenters. The van der Waals surface area contributed by atoms with Crippen molar-refractivity contribution in [2.24, 2.45) is 5.41 Å². The van der Waals surface area contributed by atoms with Gasteiger partial charge in [-0.3, -0.25) is 0 Å². The smallest absolute Gasteiger partial charge is 0.0986 e. The third-order valence-corrected chi connectivity index (χ3v) is 2.92. The van der Waals surface area contributed by atoms with E-state index < -0.39 is 0 Å². The Labute approximate surface area is 85.1 Å². The number of terminal acetylenes is 1. The predicted octanol–water partition coefficient (Wildman–Crippen LogP) is 2.79. The normalized spacial score (nSPS) is 19.7. The maximum absolute atomic E-state index is 5.55. The summed E-state index contributed by atoms with van der Waals surface area (Å²) in [5, 5.41) is 0. The van der Waals surface area contributed by atoms with Crippen molar-refractivity contribution in [3.8, 4) is 12.3 Å². The minimum atomic E-state index is -0.0316. The van der Waals surface area contributed by atoms with Crippen LogP contribution in [-0.2, 0) is 4.74 Å². The van der Waals surface area contributed by atoms with Gasteiger partial charge in [-0.15, -0.1) is 6.42 Å². The minimum Gasteiger partial charge on any atom is -0.375 e. The van der Waals surface area contributed by atoms with E-state index in [2.05, 4.69) is 18.1 Å². The summed E-state index contributed by atoms with van der Waals surface area (Å²) in [5.74, 6) is 2.88. The molecule has 1 aliphatic rings. The van der Waals surface area contributed by atoms with Gasteiger partial charge in [-0.05, 0) is 18.4 Å². The lowest BCUT2D eigenvalue weighted by atomic mass is 9.93. The molecular formula is C13H14O. The summed E-state index contributed by atoms with van der Waals surface area (Å²) in [4.78, 5) is 0. The molecule has 1 aliphatic carbocycles. The first-order valence-corrected chi connectivity index (χ1v) is 4.88. The van der Waals surface area contributed by atoms with E-state index in [1.165, 1.54) is 5.56 Å². The second-order valence-corrected chi connectivity index (χ2v) is 3.83. The van der Waals surface area contributed by atoms with Gasteiger partial charge in [-0.25, -0.2) is 0 Å². The number of hydrogen-bond acceptors (Lipinski definition) is 1. The van der Waals surface area contributed by atoms with Gasteiger partial charge >= 0.3 is 0 Å². The predicted molar refractivity (Wildman–Crippen MR) is 56.7 cm³/mol. The molecule has 1 aromatic carbocycles. The molecule has 0 radical (unpaired) electrons. The molecular weight excluding hydrogens is 172 g/mol. The topological polar surface area (TPSA) is 9.23 Å². The zero-order chi connectivity index (χ0) is 10.0. The van der Waals surface area contributed by atoms with E-state index in [-0.39, 0.29) is 11.5 Å². The summed E-state index contributed by atoms with van der Waals surface area (Å²) >= 11 is 0. The zero-order valence-electron chi connectivity index (χ0n) is 8.36. The van der Waals surface area contributed by atoms with Gasteiger partial charge in [-0.1, -0.05) is 36.3 Å². The monoisotopic (exact) mass is 186 g/mol. The van der Waals surface area contributed by atoms with Crippen molar-refractivity contribution in [3.63, 3.8) is 0 Å². The molecule has 0 saturated heterocycles. The molecule has 0 amide bonds. The van der Waals surface area contributed by atoms with Crippen LogP contribution in [0.3, 0.4) is 0 Å². The summed E-state index contributed by atoms with van der Waals surface area (Å²) < 4.78 is 5.51. The van der Waals surface area contributed by atoms with Crippen molar-refractivity contribution >= 4 is 0 Å². The van der Waals surface area contributed by atoms with Crippen LogP contribution in [0.4, 0.5) is 0 Å². The third-order valence-electron chi connectivity index (χ3n) is 2.92. The summed E-state index contributed by atoms with van der Waals surface area (Å²) in [5.41, 5.74) is 1.15. The van der Waals surface area contributed by atoms with Crippen LogP contribution in [-0.4, -0.2) is 7.11 Å². The Morgan fingerprint density at radius 2 is 2.00 bits per heavy atom. The molecule has 0 spiro atoms. The first-order valence-electron chi connectivity index (χ1n) is 4.88. The van der Waals surface area contributed by atoms with Crippen molar-refractivity contribution < 1.29 is 4.74 Å². The Balaban J connectivity index is 2.28.